The first kappa shape index (κ1) is 15.6. The van der Waals surface area contributed by atoms with Gasteiger partial charge in [0, 0.05) is 6.04 Å². The Hall–Kier alpha value is -1.25. The van der Waals surface area contributed by atoms with Crippen LogP contribution in [-0.4, -0.2) is 37.2 Å². The zero-order valence-electron chi connectivity index (χ0n) is 12.4. The van der Waals surface area contributed by atoms with Crippen LogP contribution in [0.3, 0.4) is 0 Å². The van der Waals surface area contributed by atoms with Crippen molar-refractivity contribution in [2.75, 3.05) is 18.1 Å². The standard InChI is InChI=1S/C14H20N4O2S2/c1-15-22(19,20)8-10-2-4-11(5-3-10)18-13-12-6-7-21-14(12)17-9-16-13/h6-7,9-11,15H,2-5,8H2,1H3,(H,16,17,18). The van der Waals surface area contributed by atoms with Gasteiger partial charge in [-0.1, -0.05) is 0 Å². The van der Waals surface area contributed by atoms with Gasteiger partial charge in [-0.25, -0.2) is 23.1 Å². The average Bonchev–Trinajstić information content (AvgIpc) is 2.99. The molecule has 8 heteroatoms. The highest BCUT2D eigenvalue weighted by molar-refractivity contribution is 7.89. The SMILES string of the molecule is CNS(=O)(=O)CC1CCC(Nc2ncnc3sccc23)CC1. The number of nitrogens with one attached hydrogen (secondary N) is 2. The molecule has 0 aliphatic heterocycles. The van der Waals surface area contributed by atoms with Crippen molar-refractivity contribution in [2.24, 2.45) is 5.92 Å². The summed E-state index contributed by atoms with van der Waals surface area (Å²) in [6.07, 6.45) is 5.39. The van der Waals surface area contributed by atoms with Gasteiger partial charge in [0.2, 0.25) is 10.0 Å². The van der Waals surface area contributed by atoms with Crippen molar-refractivity contribution in [1.82, 2.24) is 14.7 Å². The van der Waals surface area contributed by atoms with Gasteiger partial charge in [-0.3, -0.25) is 0 Å². The summed E-state index contributed by atoms with van der Waals surface area (Å²) in [4.78, 5) is 9.59. The van der Waals surface area contributed by atoms with Gasteiger partial charge in [-0.05, 0) is 50.1 Å². The number of hydrogen-bond acceptors (Lipinski definition) is 6. The number of thiophene rings is 1. The first-order valence-corrected chi connectivity index (χ1v) is 9.96. The zero-order valence-corrected chi connectivity index (χ0v) is 14.1. The van der Waals surface area contributed by atoms with E-state index in [1.165, 1.54) is 7.05 Å². The average molecular weight is 340 g/mol. The molecule has 2 aromatic heterocycles. The molecule has 1 saturated carbocycles. The molecule has 120 valence electrons. The lowest BCUT2D eigenvalue weighted by Crippen LogP contribution is -2.32. The van der Waals surface area contributed by atoms with Crippen molar-refractivity contribution in [3.05, 3.63) is 17.8 Å². The van der Waals surface area contributed by atoms with Crippen LogP contribution in [0.5, 0.6) is 0 Å². The highest BCUT2D eigenvalue weighted by Gasteiger charge is 2.25. The van der Waals surface area contributed by atoms with Crippen LogP contribution in [0.2, 0.25) is 0 Å². The Bertz CT molecular complexity index is 736. The number of nitrogens with zero attached hydrogens (tertiary/aromatic N) is 2. The summed E-state index contributed by atoms with van der Waals surface area (Å²) in [5.74, 6) is 1.37. The number of sulfonamides is 1. The van der Waals surface area contributed by atoms with Crippen molar-refractivity contribution in [1.29, 1.82) is 0 Å². The van der Waals surface area contributed by atoms with Gasteiger partial charge in [-0.15, -0.1) is 11.3 Å². The van der Waals surface area contributed by atoms with Crippen molar-refractivity contribution in [3.63, 3.8) is 0 Å². The minimum Gasteiger partial charge on any atom is -0.367 e. The normalized spacial score (nSPS) is 22.8. The number of rotatable bonds is 5. The minimum absolute atomic E-state index is 0.235. The summed E-state index contributed by atoms with van der Waals surface area (Å²) in [7, 11) is -1.63. The molecule has 1 aliphatic rings. The maximum atomic E-state index is 11.6. The van der Waals surface area contributed by atoms with Crippen molar-refractivity contribution in [2.45, 2.75) is 31.7 Å². The van der Waals surface area contributed by atoms with Crippen LogP contribution in [0.4, 0.5) is 5.82 Å². The Kier molecular flexibility index (Phi) is 4.60. The van der Waals surface area contributed by atoms with E-state index in [0.29, 0.717) is 6.04 Å². The second kappa shape index (κ2) is 6.47. The first-order chi connectivity index (χ1) is 10.6. The Morgan fingerprint density at radius 1 is 1.27 bits per heavy atom. The molecular weight excluding hydrogens is 320 g/mol. The first-order valence-electron chi connectivity index (χ1n) is 7.43. The van der Waals surface area contributed by atoms with Crippen LogP contribution < -0.4 is 10.0 Å². The third kappa shape index (κ3) is 3.56. The molecule has 2 heterocycles. The fourth-order valence-electron chi connectivity index (χ4n) is 2.97. The van der Waals surface area contributed by atoms with Crippen molar-refractivity contribution in [3.8, 4) is 0 Å². The molecule has 1 fully saturated rings. The summed E-state index contributed by atoms with van der Waals surface area (Å²) in [6, 6.07) is 2.39. The topological polar surface area (TPSA) is 84.0 Å². The summed E-state index contributed by atoms with van der Waals surface area (Å²) in [5, 5.41) is 6.58. The molecule has 0 radical (unpaired) electrons. The quantitative estimate of drug-likeness (QED) is 0.872. The fraction of sp³-hybridized carbons (Fsp3) is 0.571. The molecule has 1 aliphatic carbocycles. The number of fused-ring (bicyclic) bond motifs is 1. The van der Waals surface area contributed by atoms with Gasteiger partial charge >= 0.3 is 0 Å². The lowest BCUT2D eigenvalue weighted by molar-refractivity contribution is 0.360. The molecule has 0 amide bonds. The third-order valence-electron chi connectivity index (χ3n) is 4.22. The van der Waals surface area contributed by atoms with E-state index in [9.17, 15) is 8.42 Å². The fourth-order valence-corrected chi connectivity index (χ4v) is 4.82. The zero-order chi connectivity index (χ0) is 15.6. The van der Waals surface area contributed by atoms with Gasteiger partial charge in [-0.2, -0.15) is 0 Å². The van der Waals surface area contributed by atoms with Gasteiger partial charge in [0.1, 0.15) is 17.0 Å². The maximum Gasteiger partial charge on any atom is 0.211 e. The molecule has 3 rings (SSSR count). The summed E-state index contributed by atoms with van der Waals surface area (Å²) in [6.45, 7) is 0. The lowest BCUT2D eigenvalue weighted by Gasteiger charge is -2.29. The highest BCUT2D eigenvalue weighted by atomic mass is 32.2. The van der Waals surface area contributed by atoms with E-state index in [4.69, 9.17) is 0 Å². The summed E-state index contributed by atoms with van der Waals surface area (Å²) in [5.41, 5.74) is 0. The van der Waals surface area contributed by atoms with Crippen molar-refractivity contribution >= 4 is 37.4 Å². The smallest absolute Gasteiger partial charge is 0.211 e. The van der Waals surface area contributed by atoms with Gasteiger partial charge in [0.15, 0.2) is 0 Å². The minimum atomic E-state index is -3.11. The van der Waals surface area contributed by atoms with Crippen LogP contribution >= 0.6 is 11.3 Å². The Morgan fingerprint density at radius 2 is 2.05 bits per heavy atom. The summed E-state index contributed by atoms with van der Waals surface area (Å²) >= 11 is 1.61. The van der Waals surface area contributed by atoms with Crippen LogP contribution in [-0.2, 0) is 10.0 Å². The predicted octanol–water partition coefficient (Wildman–Crippen LogP) is 2.21. The number of anilines is 1. The Morgan fingerprint density at radius 3 is 2.77 bits per heavy atom. The van der Waals surface area contributed by atoms with Crippen LogP contribution in [0.1, 0.15) is 25.7 Å². The van der Waals surface area contributed by atoms with E-state index in [2.05, 4.69) is 20.0 Å². The van der Waals surface area contributed by atoms with Gasteiger partial charge < -0.3 is 5.32 Å². The Labute approximate surface area is 134 Å². The number of hydrogen-bond donors (Lipinski definition) is 2. The third-order valence-corrected chi connectivity index (χ3v) is 6.57. The molecular formula is C14H20N4O2S2. The monoisotopic (exact) mass is 340 g/mol. The molecule has 0 saturated heterocycles. The Balaban J connectivity index is 1.59. The molecule has 0 unspecified atom stereocenters. The molecule has 22 heavy (non-hydrogen) atoms. The summed E-state index contributed by atoms with van der Waals surface area (Å²) < 4.78 is 25.6. The molecule has 6 nitrogen and oxygen atoms in total. The van der Waals surface area contributed by atoms with E-state index in [-0.39, 0.29) is 11.7 Å². The lowest BCUT2D eigenvalue weighted by atomic mass is 9.87. The molecule has 0 spiro atoms. The van der Waals surface area contributed by atoms with E-state index in [1.807, 2.05) is 11.4 Å². The van der Waals surface area contributed by atoms with E-state index in [0.717, 1.165) is 41.7 Å². The molecule has 2 aromatic rings. The molecule has 0 aromatic carbocycles. The molecule has 0 bridgehead atoms. The van der Waals surface area contributed by atoms with E-state index in [1.54, 1.807) is 17.7 Å². The second-order valence-corrected chi connectivity index (χ2v) is 8.57. The van der Waals surface area contributed by atoms with Gasteiger partial charge in [0.05, 0.1) is 11.1 Å². The number of aromatic nitrogens is 2. The van der Waals surface area contributed by atoms with Crippen LogP contribution in [0.25, 0.3) is 10.2 Å². The molecule has 2 N–H and O–H groups in total. The van der Waals surface area contributed by atoms with Crippen LogP contribution in [0.15, 0.2) is 17.8 Å². The van der Waals surface area contributed by atoms with Crippen molar-refractivity contribution < 1.29 is 8.42 Å². The largest absolute Gasteiger partial charge is 0.367 e. The highest BCUT2D eigenvalue weighted by Crippen LogP contribution is 2.30. The second-order valence-electron chi connectivity index (χ2n) is 5.71. The van der Waals surface area contributed by atoms with Crippen LogP contribution in [0, 0.1) is 5.92 Å². The van der Waals surface area contributed by atoms with E-state index >= 15 is 0 Å². The van der Waals surface area contributed by atoms with Gasteiger partial charge in [0.25, 0.3) is 0 Å². The maximum absolute atomic E-state index is 11.6. The van der Waals surface area contributed by atoms with E-state index < -0.39 is 10.0 Å². The molecule has 0 atom stereocenters. The predicted molar refractivity (Wildman–Crippen MR) is 89.6 cm³/mol.